The highest BCUT2D eigenvalue weighted by Gasteiger charge is 2.27. The van der Waals surface area contributed by atoms with E-state index in [9.17, 15) is 9.50 Å². The molecule has 22 heavy (non-hydrogen) atoms. The number of aliphatic hydroxyl groups excluding tert-OH is 1. The lowest BCUT2D eigenvalue weighted by molar-refractivity contribution is 0.100. The van der Waals surface area contributed by atoms with E-state index >= 15 is 0 Å². The van der Waals surface area contributed by atoms with Gasteiger partial charge in [0.25, 0.3) is 0 Å². The topological polar surface area (TPSA) is 41.3 Å². The number of β-amino-alcohol motifs (C(OH)–C–C–N with tert-alkyl or cyclic N) is 1. The summed E-state index contributed by atoms with van der Waals surface area (Å²) in [5, 5.41) is 14.7. The Hall–Kier alpha value is -1.72. The summed E-state index contributed by atoms with van der Waals surface area (Å²) < 4.78 is 14.9. The van der Waals surface area contributed by atoms with Gasteiger partial charge in [0.05, 0.1) is 18.8 Å². The molecule has 118 valence electrons. The maximum atomic E-state index is 13.0. The zero-order chi connectivity index (χ0) is 15.5. The molecule has 0 amide bonds. The molecule has 1 aromatic heterocycles. The summed E-state index contributed by atoms with van der Waals surface area (Å²) in [5.41, 5.74) is 1.93. The van der Waals surface area contributed by atoms with Crippen LogP contribution in [0.1, 0.15) is 30.1 Å². The van der Waals surface area contributed by atoms with Crippen LogP contribution in [0.25, 0.3) is 0 Å². The van der Waals surface area contributed by atoms with Gasteiger partial charge in [-0.05, 0) is 49.6 Å². The SMILES string of the molecule is Cc1cnn(C[C@@H]2CCCN2C[C@H](O)c2ccc(F)cc2)c1. The summed E-state index contributed by atoms with van der Waals surface area (Å²) in [6.07, 6.45) is 5.59. The number of aliphatic hydroxyl groups is 1. The van der Waals surface area contributed by atoms with E-state index in [0.717, 1.165) is 37.1 Å². The van der Waals surface area contributed by atoms with Gasteiger partial charge in [-0.1, -0.05) is 12.1 Å². The highest BCUT2D eigenvalue weighted by atomic mass is 19.1. The lowest BCUT2D eigenvalue weighted by Crippen LogP contribution is -2.36. The molecule has 1 aliphatic rings. The lowest BCUT2D eigenvalue weighted by atomic mass is 10.1. The molecule has 5 heteroatoms. The Morgan fingerprint density at radius 2 is 2.14 bits per heavy atom. The van der Waals surface area contributed by atoms with Gasteiger partial charge in [0.2, 0.25) is 0 Å². The number of hydrogen-bond donors (Lipinski definition) is 1. The summed E-state index contributed by atoms with van der Waals surface area (Å²) in [7, 11) is 0. The monoisotopic (exact) mass is 303 g/mol. The van der Waals surface area contributed by atoms with Gasteiger partial charge < -0.3 is 5.11 Å². The number of aryl methyl sites for hydroxylation is 1. The Morgan fingerprint density at radius 1 is 1.36 bits per heavy atom. The third kappa shape index (κ3) is 3.54. The Balaban J connectivity index is 1.61. The Morgan fingerprint density at radius 3 is 2.82 bits per heavy atom. The molecule has 0 saturated carbocycles. The van der Waals surface area contributed by atoms with Crippen LogP contribution in [0.4, 0.5) is 4.39 Å². The Kier molecular flexibility index (Phi) is 4.55. The van der Waals surface area contributed by atoms with Gasteiger partial charge in [0.15, 0.2) is 0 Å². The third-order valence-electron chi connectivity index (χ3n) is 4.32. The van der Waals surface area contributed by atoms with Crippen LogP contribution in [0.3, 0.4) is 0 Å². The summed E-state index contributed by atoms with van der Waals surface area (Å²) in [6, 6.07) is 6.50. The molecule has 2 heterocycles. The van der Waals surface area contributed by atoms with E-state index in [-0.39, 0.29) is 5.82 Å². The fraction of sp³-hybridized carbons (Fsp3) is 0.471. The summed E-state index contributed by atoms with van der Waals surface area (Å²) in [5.74, 6) is -0.274. The average molecular weight is 303 g/mol. The Bertz CT molecular complexity index is 611. The van der Waals surface area contributed by atoms with Crippen LogP contribution in [0.15, 0.2) is 36.7 Å². The van der Waals surface area contributed by atoms with E-state index in [0.29, 0.717) is 12.6 Å². The molecule has 4 nitrogen and oxygen atoms in total. The molecular formula is C17H22FN3O. The highest BCUT2D eigenvalue weighted by molar-refractivity contribution is 5.18. The molecule has 3 rings (SSSR count). The molecule has 0 aliphatic carbocycles. The van der Waals surface area contributed by atoms with Crippen molar-refractivity contribution in [2.24, 2.45) is 0 Å². The van der Waals surface area contributed by atoms with Crippen molar-refractivity contribution >= 4 is 0 Å². The maximum Gasteiger partial charge on any atom is 0.123 e. The fourth-order valence-corrected chi connectivity index (χ4v) is 3.14. The number of likely N-dealkylation sites (tertiary alicyclic amines) is 1. The second kappa shape index (κ2) is 6.58. The molecule has 2 aromatic rings. The standard InChI is InChI=1S/C17H22FN3O/c1-13-9-19-21(10-13)11-16-3-2-8-20(16)12-17(22)14-4-6-15(18)7-5-14/h4-7,9-10,16-17,22H,2-3,8,11-12H2,1H3/t16-,17-/m0/s1. The van der Waals surface area contributed by atoms with Crippen molar-refractivity contribution in [2.75, 3.05) is 13.1 Å². The molecule has 1 aliphatic heterocycles. The van der Waals surface area contributed by atoms with Gasteiger partial charge in [-0.25, -0.2) is 4.39 Å². The second-order valence-corrected chi connectivity index (χ2v) is 6.10. The second-order valence-electron chi connectivity index (χ2n) is 6.10. The van der Waals surface area contributed by atoms with Gasteiger partial charge in [-0.2, -0.15) is 5.10 Å². The van der Waals surface area contributed by atoms with Crippen LogP contribution in [0.2, 0.25) is 0 Å². The molecule has 2 atom stereocenters. The highest BCUT2D eigenvalue weighted by Crippen LogP contribution is 2.23. The van der Waals surface area contributed by atoms with Crippen molar-refractivity contribution in [1.82, 2.24) is 14.7 Å². The van der Waals surface area contributed by atoms with Crippen molar-refractivity contribution in [3.05, 3.63) is 53.6 Å². The van der Waals surface area contributed by atoms with Crippen LogP contribution in [0, 0.1) is 12.7 Å². The van der Waals surface area contributed by atoms with E-state index in [4.69, 9.17) is 0 Å². The van der Waals surface area contributed by atoms with Gasteiger partial charge in [-0.15, -0.1) is 0 Å². The van der Waals surface area contributed by atoms with Gasteiger partial charge in [0, 0.05) is 18.8 Å². The predicted octanol–water partition coefficient (Wildman–Crippen LogP) is 2.53. The first-order valence-corrected chi connectivity index (χ1v) is 7.78. The summed E-state index contributed by atoms with van der Waals surface area (Å²) in [4.78, 5) is 2.31. The molecule has 0 unspecified atom stereocenters. The quantitative estimate of drug-likeness (QED) is 0.923. The van der Waals surface area contributed by atoms with Crippen LogP contribution in [-0.2, 0) is 6.54 Å². The lowest BCUT2D eigenvalue weighted by Gasteiger charge is -2.27. The van der Waals surface area contributed by atoms with E-state index in [1.54, 1.807) is 12.1 Å². The van der Waals surface area contributed by atoms with Crippen molar-refractivity contribution < 1.29 is 9.50 Å². The minimum Gasteiger partial charge on any atom is -0.387 e. The molecule has 1 N–H and O–H groups in total. The van der Waals surface area contributed by atoms with Crippen LogP contribution in [0.5, 0.6) is 0 Å². The minimum absolute atomic E-state index is 0.274. The molecule has 0 radical (unpaired) electrons. The number of rotatable bonds is 5. The van der Waals surface area contributed by atoms with E-state index < -0.39 is 6.10 Å². The molecular weight excluding hydrogens is 281 g/mol. The molecule has 1 saturated heterocycles. The molecule has 1 fully saturated rings. The van der Waals surface area contributed by atoms with E-state index in [1.165, 1.54) is 12.1 Å². The number of aromatic nitrogens is 2. The van der Waals surface area contributed by atoms with Gasteiger partial charge in [-0.3, -0.25) is 9.58 Å². The smallest absolute Gasteiger partial charge is 0.123 e. The van der Waals surface area contributed by atoms with Gasteiger partial charge in [0.1, 0.15) is 5.82 Å². The minimum atomic E-state index is -0.583. The largest absolute Gasteiger partial charge is 0.387 e. The number of hydrogen-bond acceptors (Lipinski definition) is 3. The van der Waals surface area contributed by atoms with Crippen molar-refractivity contribution in [3.63, 3.8) is 0 Å². The Labute approximate surface area is 130 Å². The van der Waals surface area contributed by atoms with Crippen LogP contribution >= 0.6 is 0 Å². The zero-order valence-corrected chi connectivity index (χ0v) is 12.8. The van der Waals surface area contributed by atoms with Crippen LogP contribution in [-0.4, -0.2) is 38.9 Å². The van der Waals surface area contributed by atoms with Gasteiger partial charge >= 0.3 is 0 Å². The third-order valence-corrected chi connectivity index (χ3v) is 4.32. The molecule has 1 aromatic carbocycles. The summed E-state index contributed by atoms with van der Waals surface area (Å²) >= 11 is 0. The zero-order valence-electron chi connectivity index (χ0n) is 12.8. The maximum absolute atomic E-state index is 13.0. The van der Waals surface area contributed by atoms with Crippen molar-refractivity contribution in [1.29, 1.82) is 0 Å². The number of halogens is 1. The predicted molar refractivity (Wildman–Crippen MR) is 82.9 cm³/mol. The first kappa shape index (κ1) is 15.2. The van der Waals surface area contributed by atoms with Crippen LogP contribution < -0.4 is 0 Å². The first-order chi connectivity index (χ1) is 10.6. The molecule has 0 bridgehead atoms. The summed E-state index contributed by atoms with van der Waals surface area (Å²) in [6.45, 7) is 4.46. The fourth-order valence-electron chi connectivity index (χ4n) is 3.14. The van der Waals surface area contributed by atoms with E-state index in [2.05, 4.69) is 10.00 Å². The number of nitrogens with zero attached hydrogens (tertiary/aromatic N) is 3. The van der Waals surface area contributed by atoms with Crippen molar-refractivity contribution in [3.8, 4) is 0 Å². The normalized spacial score (nSPS) is 20.4. The van der Waals surface area contributed by atoms with Crippen molar-refractivity contribution in [2.45, 2.75) is 38.5 Å². The first-order valence-electron chi connectivity index (χ1n) is 7.78. The average Bonchev–Trinajstić information content (AvgIpc) is 3.10. The molecule has 0 spiro atoms. The number of benzene rings is 1. The van der Waals surface area contributed by atoms with E-state index in [1.807, 2.05) is 24.0 Å².